The van der Waals surface area contributed by atoms with Crippen LogP contribution in [0.3, 0.4) is 0 Å². The minimum Gasteiger partial charge on any atom is -0.477 e. The molecule has 1 aliphatic heterocycles. The first-order chi connectivity index (χ1) is 33.5. The number of fused-ring (bicyclic) bond motifs is 1. The van der Waals surface area contributed by atoms with Gasteiger partial charge in [-0.25, -0.2) is 4.79 Å². The predicted octanol–water partition coefficient (Wildman–Crippen LogP) is 10.2. The maximum Gasteiger partial charge on any atom is 0.342 e. The van der Waals surface area contributed by atoms with E-state index in [1.165, 1.54) is 47.8 Å². The molecule has 4 aromatic rings. The standard InChI is InChI=1S/C8H8N2O3.C8H10N2O2S.C8H12N2O2.C8H12N2.C7H5NO4.5C2H6/c1-9-8(11)6-4-2-3-5-7(6)10(12)13;1-10-6-7-4-2-3-5-8(7)9-13(10,11)12;1-9-6-7-4-2-3-5-8(7)10(11)12;1-10-6-7-4-2-3-5-8(7)9;9-7(10)5-3-1-2-4-6(5)8(11)12;5*1-2/h2-5H,1H3,(H,9,11);2-5,9H,6H2,1H3;4-5,9H,2-3,6H2,1H3;2-5,10H,6,9H2,1H3;1-4H,(H,9,10);5*1-2H3. The highest BCUT2D eigenvalue weighted by Crippen LogP contribution is 2.24. The van der Waals surface area contributed by atoms with Crippen molar-refractivity contribution in [2.45, 2.75) is 95.2 Å². The summed E-state index contributed by atoms with van der Waals surface area (Å²) in [6.45, 7) is 21.9. The molecule has 20 nitrogen and oxygen atoms in total. The van der Waals surface area contributed by atoms with Gasteiger partial charge in [0.25, 0.3) is 23.0 Å². The third-order valence-electron chi connectivity index (χ3n) is 8.17. The molecule has 1 aliphatic carbocycles. The van der Waals surface area contributed by atoms with Crippen molar-refractivity contribution in [3.05, 3.63) is 173 Å². The van der Waals surface area contributed by atoms with Crippen molar-refractivity contribution in [3.8, 4) is 0 Å². The van der Waals surface area contributed by atoms with Crippen LogP contribution in [0, 0.1) is 30.3 Å². The van der Waals surface area contributed by atoms with E-state index in [-0.39, 0.29) is 33.1 Å². The number of amides is 1. The number of likely N-dealkylation sites (N-methyl/N-ethyl adjacent to an activating group) is 1. The summed E-state index contributed by atoms with van der Waals surface area (Å²) in [4.78, 5) is 51.2. The van der Waals surface area contributed by atoms with Crippen LogP contribution < -0.4 is 26.4 Å². The SMILES string of the molecule is CC.CC.CC.CC.CC.CN1Cc2ccccc2NS1(=O)=O.CNC(=O)c1ccccc1[N+](=O)[O-].CNCC1=CCCC=C1[N+](=O)[O-].CNCc1ccccc1N.O=C(O)c1ccccc1[N+](=O)[O-]. The van der Waals surface area contributed by atoms with E-state index in [9.17, 15) is 48.3 Å². The van der Waals surface area contributed by atoms with Crippen molar-refractivity contribution in [2.75, 3.05) is 45.2 Å². The highest BCUT2D eigenvalue weighted by Gasteiger charge is 2.25. The second kappa shape index (κ2) is 42.1. The molecule has 6 rings (SSSR count). The fraction of sp³-hybridized carbons (Fsp3) is 0.388. The highest BCUT2D eigenvalue weighted by atomic mass is 32.2. The Kier molecular flexibility index (Phi) is 41.8. The molecule has 390 valence electrons. The van der Waals surface area contributed by atoms with E-state index >= 15 is 0 Å². The Morgan fingerprint density at radius 3 is 1.56 bits per heavy atom. The minimum absolute atomic E-state index is 0.0787. The number of hydrogen-bond donors (Lipinski definition) is 6. The van der Waals surface area contributed by atoms with E-state index in [4.69, 9.17) is 10.8 Å². The minimum atomic E-state index is -3.29. The molecule has 0 bridgehead atoms. The van der Waals surface area contributed by atoms with Gasteiger partial charge < -0.3 is 26.8 Å². The van der Waals surface area contributed by atoms with Crippen LogP contribution in [0.1, 0.15) is 114 Å². The number of allylic oxidation sites excluding steroid dienone is 2. The van der Waals surface area contributed by atoms with Crippen molar-refractivity contribution < 1.29 is 37.9 Å². The maximum absolute atomic E-state index is 11.4. The van der Waals surface area contributed by atoms with Crippen LogP contribution in [-0.4, -0.2) is 79.2 Å². The number of aromatic carboxylic acids is 1. The number of carboxylic acid groups (broad SMARTS) is 1. The van der Waals surface area contributed by atoms with Crippen LogP contribution in [0.4, 0.5) is 22.7 Å². The summed E-state index contributed by atoms with van der Waals surface area (Å²) >= 11 is 0. The Hall–Kier alpha value is -7.07. The van der Waals surface area contributed by atoms with E-state index < -0.39 is 31.9 Å². The lowest BCUT2D eigenvalue weighted by molar-refractivity contribution is -0.421. The monoisotopic (exact) mass is 1000 g/mol. The van der Waals surface area contributed by atoms with E-state index in [0.717, 1.165) is 47.8 Å². The number of nitro groups is 3. The number of rotatable bonds is 9. The molecule has 1 amide bonds. The lowest BCUT2D eigenvalue weighted by Crippen LogP contribution is -2.36. The summed E-state index contributed by atoms with van der Waals surface area (Å²) < 4.78 is 26.5. The number of anilines is 2. The Morgan fingerprint density at radius 1 is 0.657 bits per heavy atom. The number of carbonyl (C=O) groups excluding carboxylic acids is 1. The van der Waals surface area contributed by atoms with Gasteiger partial charge in [-0.1, -0.05) is 136 Å². The maximum atomic E-state index is 11.4. The number of nitrogens with one attached hydrogen (secondary N) is 4. The Labute approximate surface area is 415 Å². The first kappa shape index (κ1) is 69.5. The van der Waals surface area contributed by atoms with Crippen LogP contribution >= 0.6 is 0 Å². The molecule has 0 saturated carbocycles. The molecule has 7 N–H and O–H groups in total. The van der Waals surface area contributed by atoms with Gasteiger partial charge in [0, 0.05) is 57.1 Å². The second-order valence-electron chi connectivity index (χ2n) is 12.4. The second-order valence-corrected chi connectivity index (χ2v) is 14.1. The summed E-state index contributed by atoms with van der Waals surface area (Å²) in [7, 11) is 3.39. The van der Waals surface area contributed by atoms with Crippen molar-refractivity contribution in [1.82, 2.24) is 20.3 Å². The Morgan fingerprint density at radius 2 is 1.10 bits per heavy atom. The summed E-state index contributed by atoms with van der Waals surface area (Å²) in [6.07, 6.45) is 5.30. The fourth-order valence-corrected chi connectivity index (χ4v) is 6.16. The van der Waals surface area contributed by atoms with Gasteiger partial charge in [-0.3, -0.25) is 39.9 Å². The van der Waals surface area contributed by atoms with E-state index in [2.05, 4.69) is 20.7 Å². The molecule has 21 heteroatoms. The van der Waals surface area contributed by atoms with Gasteiger partial charge >= 0.3 is 16.2 Å². The molecule has 0 unspecified atom stereocenters. The number of nitro benzene ring substituents is 2. The van der Waals surface area contributed by atoms with Crippen molar-refractivity contribution in [2.24, 2.45) is 0 Å². The van der Waals surface area contributed by atoms with Gasteiger partial charge in [-0.2, -0.15) is 12.7 Å². The van der Waals surface area contributed by atoms with Gasteiger partial charge in [0.1, 0.15) is 11.1 Å². The molecule has 0 aromatic heterocycles. The van der Waals surface area contributed by atoms with Gasteiger partial charge in [-0.05, 0) is 68.4 Å². The zero-order valence-corrected chi connectivity index (χ0v) is 44.0. The normalized spacial score (nSPS) is 11.8. The number of carbonyl (C=O) groups is 2. The molecule has 0 atom stereocenters. The van der Waals surface area contributed by atoms with Crippen molar-refractivity contribution in [3.63, 3.8) is 0 Å². The van der Waals surface area contributed by atoms with Gasteiger partial charge in [0.15, 0.2) is 0 Å². The first-order valence-electron chi connectivity index (χ1n) is 22.9. The predicted molar refractivity (Wildman–Crippen MR) is 284 cm³/mol. The zero-order chi connectivity index (χ0) is 54.8. The number of nitrogen functional groups attached to an aromatic ring is 1. The molecule has 2 aliphatic rings. The number of nitrogens with two attached hydrogens (primary N) is 1. The molecule has 0 spiro atoms. The number of nitrogens with zero attached hydrogens (tertiary/aromatic N) is 4. The first-order valence-corrected chi connectivity index (χ1v) is 24.3. The molecular formula is C49H77N9O11S. The van der Waals surface area contributed by atoms with Crippen molar-refractivity contribution in [1.29, 1.82) is 0 Å². The van der Waals surface area contributed by atoms with Crippen molar-refractivity contribution >= 4 is 44.8 Å². The molecular weight excluding hydrogens is 923 g/mol. The quantitative estimate of drug-likeness (QED) is 0.0516. The van der Waals surface area contributed by atoms with E-state index in [1.54, 1.807) is 32.3 Å². The summed E-state index contributed by atoms with van der Waals surface area (Å²) in [5, 5.41) is 48.0. The zero-order valence-electron chi connectivity index (χ0n) is 43.2. The Balaban J connectivity index is -0.000000372. The molecule has 70 heavy (non-hydrogen) atoms. The number of hydrogen-bond acceptors (Lipinski definition) is 13. The average Bonchev–Trinajstić information content (AvgIpc) is 3.38. The molecule has 4 aromatic carbocycles. The number of para-hydroxylation sites is 4. The number of carboxylic acids is 1. The molecule has 1 heterocycles. The van der Waals surface area contributed by atoms with Crippen LogP contribution in [-0.2, 0) is 23.3 Å². The fourth-order valence-electron chi connectivity index (χ4n) is 5.22. The third kappa shape index (κ3) is 26.5. The highest BCUT2D eigenvalue weighted by molar-refractivity contribution is 7.90. The third-order valence-corrected chi connectivity index (χ3v) is 9.60. The Bertz CT molecular complexity index is 2270. The summed E-state index contributed by atoms with van der Waals surface area (Å²) in [5.41, 5.74) is 9.65. The topological polar surface area (TPSA) is 295 Å². The largest absolute Gasteiger partial charge is 0.477 e. The average molecular weight is 1000 g/mol. The molecule has 0 radical (unpaired) electrons. The smallest absolute Gasteiger partial charge is 0.342 e. The lowest BCUT2D eigenvalue weighted by Gasteiger charge is -2.25. The van der Waals surface area contributed by atoms with Crippen LogP contribution in [0.25, 0.3) is 0 Å². The van der Waals surface area contributed by atoms with Gasteiger partial charge in [0.2, 0.25) is 0 Å². The van der Waals surface area contributed by atoms with E-state index in [0.29, 0.717) is 18.8 Å². The van der Waals surface area contributed by atoms with Crippen LogP contribution in [0.15, 0.2) is 120 Å². The summed E-state index contributed by atoms with van der Waals surface area (Å²) in [6, 6.07) is 26.3. The molecule has 0 saturated heterocycles. The molecule has 0 fully saturated rings. The van der Waals surface area contributed by atoms with E-state index in [1.807, 2.05) is 125 Å². The van der Waals surface area contributed by atoms with Gasteiger partial charge in [-0.15, -0.1) is 0 Å². The lowest BCUT2D eigenvalue weighted by atomic mass is 10.0. The number of benzene rings is 4. The van der Waals surface area contributed by atoms with Crippen LogP contribution in [0.2, 0.25) is 0 Å². The summed E-state index contributed by atoms with van der Waals surface area (Å²) in [5.74, 6) is -1.74. The van der Waals surface area contributed by atoms with Gasteiger partial charge in [0.05, 0.1) is 20.5 Å². The van der Waals surface area contributed by atoms with Crippen LogP contribution in [0.5, 0.6) is 0 Å².